The predicted octanol–water partition coefficient (Wildman–Crippen LogP) is 25.0. The largest absolute Gasteiger partial charge is 0.466 e. The zero-order valence-corrected chi connectivity index (χ0v) is 56.9. The van der Waals surface area contributed by atoms with Crippen LogP contribution in [-0.4, -0.2) is 47.4 Å². The van der Waals surface area contributed by atoms with E-state index in [0.29, 0.717) is 19.4 Å². The molecular formula is C78H149NO5. The second kappa shape index (κ2) is 73.5. The molecule has 0 aromatic carbocycles. The highest BCUT2D eigenvalue weighted by atomic mass is 16.5. The number of rotatable bonds is 72. The van der Waals surface area contributed by atoms with Crippen LogP contribution in [0.4, 0.5) is 0 Å². The minimum atomic E-state index is -0.843. The Bertz CT molecular complexity index is 1360. The van der Waals surface area contributed by atoms with Gasteiger partial charge in [0.15, 0.2) is 0 Å². The van der Waals surface area contributed by atoms with Gasteiger partial charge in [0.25, 0.3) is 0 Å². The number of ether oxygens (including phenoxy) is 1. The molecule has 84 heavy (non-hydrogen) atoms. The maximum absolute atomic E-state index is 12.5. The summed E-state index contributed by atoms with van der Waals surface area (Å²) in [5, 5.41) is 23.2. The fourth-order valence-corrected chi connectivity index (χ4v) is 12.1. The van der Waals surface area contributed by atoms with Gasteiger partial charge in [-0.3, -0.25) is 9.59 Å². The lowest BCUT2D eigenvalue weighted by Crippen LogP contribution is -2.45. The molecule has 0 spiro atoms. The molecule has 0 aliphatic heterocycles. The molecule has 1 amide bonds. The van der Waals surface area contributed by atoms with Gasteiger partial charge in [0, 0.05) is 12.8 Å². The topological polar surface area (TPSA) is 95.9 Å². The van der Waals surface area contributed by atoms with Crippen molar-refractivity contribution in [3.05, 3.63) is 36.5 Å². The van der Waals surface area contributed by atoms with E-state index in [1.807, 2.05) is 6.08 Å². The van der Waals surface area contributed by atoms with Gasteiger partial charge in [0.1, 0.15) is 0 Å². The van der Waals surface area contributed by atoms with Crippen molar-refractivity contribution in [1.82, 2.24) is 5.32 Å². The maximum atomic E-state index is 12.5. The summed E-state index contributed by atoms with van der Waals surface area (Å²) in [6.45, 7) is 4.94. The van der Waals surface area contributed by atoms with Crippen molar-refractivity contribution in [3.63, 3.8) is 0 Å². The van der Waals surface area contributed by atoms with E-state index in [4.69, 9.17) is 4.74 Å². The van der Waals surface area contributed by atoms with Gasteiger partial charge in [0.05, 0.1) is 25.4 Å². The number of carbonyl (C=O) groups is 2. The molecule has 496 valence electrons. The molecule has 3 N–H and O–H groups in total. The van der Waals surface area contributed by atoms with Gasteiger partial charge in [0.2, 0.25) is 5.91 Å². The molecular weight excluding hydrogens is 1030 g/mol. The van der Waals surface area contributed by atoms with Crippen molar-refractivity contribution in [2.24, 2.45) is 0 Å². The van der Waals surface area contributed by atoms with Crippen molar-refractivity contribution < 1.29 is 24.5 Å². The first-order chi connectivity index (χ1) is 41.5. The molecule has 0 bridgehead atoms. The number of amides is 1. The number of esters is 1. The van der Waals surface area contributed by atoms with Crippen LogP contribution in [0.3, 0.4) is 0 Å². The van der Waals surface area contributed by atoms with Crippen molar-refractivity contribution in [1.29, 1.82) is 0 Å². The van der Waals surface area contributed by atoms with E-state index in [2.05, 4.69) is 43.5 Å². The maximum Gasteiger partial charge on any atom is 0.305 e. The van der Waals surface area contributed by atoms with Gasteiger partial charge < -0.3 is 20.3 Å². The predicted molar refractivity (Wildman–Crippen MR) is 370 cm³/mol. The third-order valence-corrected chi connectivity index (χ3v) is 17.9. The molecule has 0 aliphatic carbocycles. The Morgan fingerprint density at radius 2 is 0.595 bits per heavy atom. The summed E-state index contributed by atoms with van der Waals surface area (Å²) in [5.74, 6) is -0.0420. The highest BCUT2D eigenvalue weighted by molar-refractivity contribution is 5.76. The normalized spacial score (nSPS) is 12.7. The minimum absolute atomic E-state index is 0.0211. The minimum Gasteiger partial charge on any atom is -0.466 e. The molecule has 2 atom stereocenters. The smallest absolute Gasteiger partial charge is 0.305 e. The summed E-state index contributed by atoms with van der Waals surface area (Å²) < 4.78 is 5.51. The van der Waals surface area contributed by atoms with Crippen LogP contribution in [0, 0.1) is 0 Å². The van der Waals surface area contributed by atoms with E-state index in [0.717, 1.165) is 44.9 Å². The van der Waals surface area contributed by atoms with E-state index in [1.165, 1.54) is 353 Å². The Kier molecular flexibility index (Phi) is 71.9. The van der Waals surface area contributed by atoms with Crippen LogP contribution < -0.4 is 5.32 Å². The zero-order valence-electron chi connectivity index (χ0n) is 56.9. The zero-order chi connectivity index (χ0) is 60.6. The van der Waals surface area contributed by atoms with Gasteiger partial charge in [-0.15, -0.1) is 0 Å². The van der Waals surface area contributed by atoms with E-state index in [1.54, 1.807) is 6.08 Å². The lowest BCUT2D eigenvalue weighted by atomic mass is 10.0. The van der Waals surface area contributed by atoms with Gasteiger partial charge in [-0.2, -0.15) is 0 Å². The van der Waals surface area contributed by atoms with Crippen LogP contribution in [0.25, 0.3) is 0 Å². The number of allylic oxidation sites excluding steroid dienone is 5. The van der Waals surface area contributed by atoms with Crippen LogP contribution in [0.15, 0.2) is 36.5 Å². The SMILES string of the molecule is CCCCCCCCCCCCCCC/C=C/C(O)C(CO)NC(=O)CCCCCCCCCCCCCCCCCCC/C=C\C/C=C\CCCCCCCCCCCCCOC(=O)CCCCCCCCCCCCCCCCCCC. The van der Waals surface area contributed by atoms with Crippen LogP contribution in [0.2, 0.25) is 0 Å². The highest BCUT2D eigenvalue weighted by Crippen LogP contribution is 2.19. The molecule has 0 aromatic heterocycles. The highest BCUT2D eigenvalue weighted by Gasteiger charge is 2.18. The van der Waals surface area contributed by atoms with Gasteiger partial charge in [-0.05, 0) is 64.2 Å². The Labute approximate surface area is 525 Å². The first kappa shape index (κ1) is 82.1. The summed E-state index contributed by atoms with van der Waals surface area (Å²) in [5.41, 5.74) is 0. The van der Waals surface area contributed by atoms with E-state index in [9.17, 15) is 19.8 Å². The fourth-order valence-electron chi connectivity index (χ4n) is 12.1. The van der Waals surface area contributed by atoms with E-state index >= 15 is 0 Å². The lowest BCUT2D eigenvalue weighted by molar-refractivity contribution is -0.143. The monoisotopic (exact) mass is 1180 g/mol. The van der Waals surface area contributed by atoms with Crippen molar-refractivity contribution in [2.75, 3.05) is 13.2 Å². The molecule has 0 aromatic rings. The van der Waals surface area contributed by atoms with E-state index in [-0.39, 0.29) is 18.5 Å². The van der Waals surface area contributed by atoms with Gasteiger partial charge >= 0.3 is 5.97 Å². The molecule has 0 saturated heterocycles. The number of aliphatic hydroxyl groups excluding tert-OH is 2. The molecule has 0 rings (SSSR count). The number of carbonyl (C=O) groups excluding carboxylic acids is 2. The van der Waals surface area contributed by atoms with Crippen molar-refractivity contribution in [3.8, 4) is 0 Å². The average Bonchev–Trinajstić information content (AvgIpc) is 3.51. The summed E-state index contributed by atoms with van der Waals surface area (Å²) in [6.07, 6.45) is 95.4. The second-order valence-electron chi connectivity index (χ2n) is 26.3. The Morgan fingerprint density at radius 1 is 0.333 bits per heavy atom. The Balaban J connectivity index is 3.36. The number of hydrogen-bond donors (Lipinski definition) is 3. The van der Waals surface area contributed by atoms with Gasteiger partial charge in [-0.1, -0.05) is 384 Å². The van der Waals surface area contributed by atoms with E-state index < -0.39 is 12.1 Å². The molecule has 0 fully saturated rings. The standard InChI is InChI=1S/C78H149NO5/c1-3-5-7-9-11-13-15-17-19-39-44-48-52-56-60-64-68-72-78(83)84-73-69-65-61-57-53-49-45-41-38-36-34-32-30-28-26-24-22-20-21-23-25-27-29-31-33-35-37-40-43-47-51-55-59-63-67-71-77(82)79-75(74-80)76(81)70-66-62-58-54-50-46-42-18-16-14-12-10-8-6-4-2/h22,24,28,30,66,70,75-76,80-81H,3-21,23,25-27,29,31-65,67-69,71-74H2,1-2H3,(H,79,82)/b24-22-,30-28-,70-66+. The number of unbranched alkanes of at least 4 members (excludes halogenated alkanes) is 57. The quantitative estimate of drug-likeness (QED) is 0.0320. The van der Waals surface area contributed by atoms with Gasteiger partial charge in [-0.25, -0.2) is 0 Å². The molecule has 2 unspecified atom stereocenters. The molecule has 6 heteroatoms. The molecule has 0 saturated carbocycles. The molecule has 0 aliphatic rings. The lowest BCUT2D eigenvalue weighted by Gasteiger charge is -2.20. The number of hydrogen-bond acceptors (Lipinski definition) is 5. The number of aliphatic hydroxyl groups is 2. The van der Waals surface area contributed by atoms with Crippen molar-refractivity contribution >= 4 is 11.9 Å². The number of nitrogens with one attached hydrogen (secondary N) is 1. The molecule has 0 radical (unpaired) electrons. The summed E-state index contributed by atoms with van der Waals surface area (Å²) in [6, 6.07) is -0.626. The summed E-state index contributed by atoms with van der Waals surface area (Å²) in [7, 11) is 0. The van der Waals surface area contributed by atoms with Crippen LogP contribution >= 0.6 is 0 Å². The second-order valence-corrected chi connectivity index (χ2v) is 26.3. The first-order valence-electron chi connectivity index (χ1n) is 38.3. The Hall–Kier alpha value is -1.92. The molecule has 6 nitrogen and oxygen atoms in total. The summed E-state index contributed by atoms with van der Waals surface area (Å²) in [4.78, 5) is 24.6. The fraction of sp³-hybridized carbons (Fsp3) is 0.897. The first-order valence-corrected chi connectivity index (χ1v) is 38.3. The van der Waals surface area contributed by atoms with Crippen molar-refractivity contribution in [2.45, 2.75) is 437 Å². The van der Waals surface area contributed by atoms with Crippen LogP contribution in [0.1, 0.15) is 425 Å². The average molecular weight is 1180 g/mol. The molecule has 0 heterocycles. The van der Waals surface area contributed by atoms with Crippen LogP contribution in [0.5, 0.6) is 0 Å². The Morgan fingerprint density at radius 3 is 0.905 bits per heavy atom. The third kappa shape index (κ3) is 69.2. The van der Waals surface area contributed by atoms with Crippen LogP contribution in [-0.2, 0) is 14.3 Å². The summed E-state index contributed by atoms with van der Waals surface area (Å²) >= 11 is 0. The third-order valence-electron chi connectivity index (χ3n) is 17.9.